The van der Waals surface area contributed by atoms with Gasteiger partial charge in [-0.2, -0.15) is 4.98 Å². The number of aromatic nitrogens is 2. The van der Waals surface area contributed by atoms with Crippen molar-refractivity contribution in [1.29, 1.82) is 0 Å². The first-order valence-corrected chi connectivity index (χ1v) is 8.11. The Morgan fingerprint density at radius 2 is 2.04 bits per heavy atom. The van der Waals surface area contributed by atoms with E-state index < -0.39 is 0 Å². The molecule has 0 spiro atoms. The number of rotatable bonds is 5. The van der Waals surface area contributed by atoms with Gasteiger partial charge in [0, 0.05) is 24.4 Å². The van der Waals surface area contributed by atoms with E-state index in [1.807, 2.05) is 37.3 Å². The lowest BCUT2D eigenvalue weighted by atomic mass is 10.1. The van der Waals surface area contributed by atoms with Gasteiger partial charge in [-0.05, 0) is 24.6 Å². The summed E-state index contributed by atoms with van der Waals surface area (Å²) in [5.74, 6) is 1.55. The quantitative estimate of drug-likeness (QED) is 0.757. The Morgan fingerprint density at radius 3 is 2.81 bits per heavy atom. The molecule has 0 aliphatic rings. The first kappa shape index (κ1) is 17.5. The first-order valence-electron chi connectivity index (χ1n) is 8.11. The predicted octanol–water partition coefficient (Wildman–Crippen LogP) is 3.72. The van der Waals surface area contributed by atoms with Crippen LogP contribution in [-0.2, 0) is 6.54 Å². The molecular formula is C19H20N4O3. The number of benzene rings is 2. The molecule has 0 radical (unpaired) electrons. The van der Waals surface area contributed by atoms with E-state index in [2.05, 4.69) is 15.5 Å². The number of aryl methyl sites for hydroxylation is 1. The van der Waals surface area contributed by atoms with Crippen molar-refractivity contribution in [2.75, 3.05) is 19.5 Å². The van der Waals surface area contributed by atoms with Crippen molar-refractivity contribution in [2.45, 2.75) is 13.5 Å². The number of nitrogens with one attached hydrogen (secondary N) is 1. The highest BCUT2D eigenvalue weighted by molar-refractivity contribution is 5.89. The number of hydrogen-bond donors (Lipinski definition) is 1. The standard InChI is InChI=1S/C19H20N4O3/c1-13-7-4-5-10-16(13)18-21-17(26-22-18)12-23(2)19(24)20-14-8-6-9-15(11-14)25-3/h4-11H,12H2,1-3H3,(H,20,24). The topological polar surface area (TPSA) is 80.5 Å². The summed E-state index contributed by atoms with van der Waals surface area (Å²) in [4.78, 5) is 18.2. The van der Waals surface area contributed by atoms with Crippen LogP contribution in [0, 0.1) is 6.92 Å². The van der Waals surface area contributed by atoms with Crippen LogP contribution in [-0.4, -0.2) is 35.2 Å². The summed E-state index contributed by atoms with van der Waals surface area (Å²) in [6.07, 6.45) is 0. The van der Waals surface area contributed by atoms with E-state index in [0.717, 1.165) is 11.1 Å². The molecule has 134 valence electrons. The fraction of sp³-hybridized carbons (Fsp3) is 0.211. The second kappa shape index (κ2) is 7.69. The third-order valence-electron chi connectivity index (χ3n) is 3.89. The van der Waals surface area contributed by atoms with Gasteiger partial charge in [0.25, 0.3) is 0 Å². The number of amides is 2. The Morgan fingerprint density at radius 1 is 1.23 bits per heavy atom. The molecule has 3 rings (SSSR count). The molecule has 7 nitrogen and oxygen atoms in total. The molecular weight excluding hydrogens is 332 g/mol. The number of anilines is 1. The van der Waals surface area contributed by atoms with Crippen molar-refractivity contribution >= 4 is 11.7 Å². The maximum atomic E-state index is 12.3. The number of nitrogens with zero attached hydrogens (tertiary/aromatic N) is 3. The number of carbonyl (C=O) groups is 1. The van der Waals surface area contributed by atoms with Crippen LogP contribution in [0.5, 0.6) is 5.75 Å². The van der Waals surface area contributed by atoms with Gasteiger partial charge >= 0.3 is 6.03 Å². The molecule has 2 amide bonds. The van der Waals surface area contributed by atoms with Gasteiger partial charge in [-0.25, -0.2) is 4.79 Å². The number of carbonyl (C=O) groups excluding carboxylic acids is 1. The molecule has 0 aliphatic carbocycles. The molecule has 1 aromatic heterocycles. The second-order valence-corrected chi connectivity index (χ2v) is 5.84. The molecule has 26 heavy (non-hydrogen) atoms. The van der Waals surface area contributed by atoms with Crippen molar-refractivity contribution in [3.63, 3.8) is 0 Å². The third-order valence-corrected chi connectivity index (χ3v) is 3.89. The van der Waals surface area contributed by atoms with E-state index >= 15 is 0 Å². The maximum Gasteiger partial charge on any atom is 0.322 e. The van der Waals surface area contributed by atoms with E-state index in [4.69, 9.17) is 9.26 Å². The van der Waals surface area contributed by atoms with Crippen molar-refractivity contribution in [3.8, 4) is 17.1 Å². The minimum Gasteiger partial charge on any atom is -0.497 e. The predicted molar refractivity (Wildman–Crippen MR) is 98.0 cm³/mol. The van der Waals surface area contributed by atoms with Gasteiger partial charge in [-0.3, -0.25) is 0 Å². The van der Waals surface area contributed by atoms with Crippen LogP contribution in [0.25, 0.3) is 11.4 Å². The van der Waals surface area contributed by atoms with Gasteiger partial charge < -0.3 is 19.5 Å². The lowest BCUT2D eigenvalue weighted by Crippen LogP contribution is -2.30. The molecule has 1 N–H and O–H groups in total. The van der Waals surface area contributed by atoms with Crippen LogP contribution < -0.4 is 10.1 Å². The normalized spacial score (nSPS) is 10.4. The molecule has 2 aromatic carbocycles. The second-order valence-electron chi connectivity index (χ2n) is 5.84. The Hall–Kier alpha value is -3.35. The molecule has 0 fully saturated rings. The Bertz CT molecular complexity index is 907. The highest BCUT2D eigenvalue weighted by Gasteiger charge is 2.15. The third kappa shape index (κ3) is 4.00. The van der Waals surface area contributed by atoms with E-state index in [-0.39, 0.29) is 12.6 Å². The number of methoxy groups -OCH3 is 1. The average Bonchev–Trinajstić information content (AvgIpc) is 3.10. The molecule has 0 bridgehead atoms. The van der Waals surface area contributed by atoms with Crippen LogP contribution in [0.2, 0.25) is 0 Å². The smallest absolute Gasteiger partial charge is 0.322 e. The lowest BCUT2D eigenvalue weighted by molar-refractivity contribution is 0.213. The Labute approximate surface area is 151 Å². The fourth-order valence-corrected chi connectivity index (χ4v) is 2.45. The zero-order chi connectivity index (χ0) is 18.5. The van der Waals surface area contributed by atoms with Crippen molar-refractivity contribution in [1.82, 2.24) is 15.0 Å². The largest absolute Gasteiger partial charge is 0.497 e. The highest BCUT2D eigenvalue weighted by atomic mass is 16.5. The van der Waals surface area contributed by atoms with Crippen molar-refractivity contribution in [2.24, 2.45) is 0 Å². The zero-order valence-electron chi connectivity index (χ0n) is 14.9. The van der Waals surface area contributed by atoms with Gasteiger partial charge in [0.2, 0.25) is 11.7 Å². The van der Waals surface area contributed by atoms with Crippen LogP contribution in [0.4, 0.5) is 10.5 Å². The Balaban J connectivity index is 1.65. The summed E-state index contributed by atoms with van der Waals surface area (Å²) < 4.78 is 10.4. The Kier molecular flexibility index (Phi) is 5.17. The monoisotopic (exact) mass is 352 g/mol. The van der Waals surface area contributed by atoms with E-state index in [0.29, 0.717) is 23.2 Å². The molecule has 0 unspecified atom stereocenters. The minimum absolute atomic E-state index is 0.203. The summed E-state index contributed by atoms with van der Waals surface area (Å²) in [7, 11) is 3.24. The van der Waals surface area contributed by atoms with E-state index in [1.165, 1.54) is 4.90 Å². The maximum absolute atomic E-state index is 12.3. The van der Waals surface area contributed by atoms with Gasteiger partial charge in [0.05, 0.1) is 7.11 Å². The average molecular weight is 352 g/mol. The van der Waals surface area contributed by atoms with Gasteiger partial charge in [0.1, 0.15) is 12.3 Å². The molecule has 1 heterocycles. The summed E-state index contributed by atoms with van der Waals surface area (Å²) >= 11 is 0. The van der Waals surface area contributed by atoms with Crippen molar-refractivity contribution < 1.29 is 14.1 Å². The summed E-state index contributed by atoms with van der Waals surface area (Å²) in [6.45, 7) is 2.19. The van der Waals surface area contributed by atoms with Crippen LogP contribution in [0.15, 0.2) is 53.1 Å². The number of hydrogen-bond acceptors (Lipinski definition) is 5. The van der Waals surface area contributed by atoms with Gasteiger partial charge in [-0.15, -0.1) is 0 Å². The van der Waals surface area contributed by atoms with Crippen molar-refractivity contribution in [3.05, 3.63) is 60.0 Å². The van der Waals surface area contributed by atoms with Gasteiger partial charge in [-0.1, -0.05) is 35.5 Å². The summed E-state index contributed by atoms with van der Waals surface area (Å²) in [6, 6.07) is 14.7. The number of ether oxygens (including phenoxy) is 1. The number of urea groups is 1. The molecule has 0 aliphatic heterocycles. The lowest BCUT2D eigenvalue weighted by Gasteiger charge is -2.16. The summed E-state index contributed by atoms with van der Waals surface area (Å²) in [5, 5.41) is 6.81. The molecule has 7 heteroatoms. The molecule has 0 saturated carbocycles. The van der Waals surface area contributed by atoms with Crippen LogP contribution >= 0.6 is 0 Å². The van der Waals surface area contributed by atoms with E-state index in [9.17, 15) is 4.79 Å². The molecule has 0 saturated heterocycles. The van der Waals surface area contributed by atoms with E-state index in [1.54, 1.807) is 32.4 Å². The minimum atomic E-state index is -0.283. The fourth-order valence-electron chi connectivity index (χ4n) is 2.45. The SMILES string of the molecule is COc1cccc(NC(=O)N(C)Cc2nc(-c3ccccc3C)no2)c1. The van der Waals surface area contributed by atoms with Gasteiger partial charge in [0.15, 0.2) is 0 Å². The zero-order valence-corrected chi connectivity index (χ0v) is 14.9. The van der Waals surface area contributed by atoms with Crippen LogP contribution in [0.1, 0.15) is 11.5 Å². The molecule has 3 aromatic rings. The first-order chi connectivity index (χ1) is 12.6. The summed E-state index contributed by atoms with van der Waals surface area (Å²) in [5.41, 5.74) is 2.61. The molecule has 0 atom stereocenters. The van der Waals surface area contributed by atoms with Crippen LogP contribution in [0.3, 0.4) is 0 Å². The highest BCUT2D eigenvalue weighted by Crippen LogP contribution is 2.20.